The molecule has 0 saturated carbocycles. The average Bonchev–Trinajstić information content (AvgIpc) is 3.01. The molecule has 2 aromatic rings. The summed E-state index contributed by atoms with van der Waals surface area (Å²) >= 11 is 0. The SMILES string of the molecule is CC.CC.CCc1cc2c(N3CCOCC3)nc(C)nn2c1. The van der Waals surface area contributed by atoms with E-state index in [1.165, 1.54) is 5.56 Å². The molecule has 124 valence electrons. The number of anilines is 1. The zero-order chi connectivity index (χ0) is 16.5. The normalized spacial score (nSPS) is 14.0. The van der Waals surface area contributed by atoms with Crippen LogP contribution in [0.2, 0.25) is 0 Å². The molecule has 0 radical (unpaired) electrons. The molecule has 5 heteroatoms. The predicted octanol–water partition coefficient (Wildman–Crippen LogP) is 3.49. The molecule has 0 bridgehead atoms. The molecule has 1 aliphatic rings. The van der Waals surface area contributed by atoms with Gasteiger partial charge in [0.2, 0.25) is 0 Å². The van der Waals surface area contributed by atoms with Gasteiger partial charge in [0.25, 0.3) is 0 Å². The van der Waals surface area contributed by atoms with Gasteiger partial charge in [-0.15, -0.1) is 0 Å². The highest BCUT2D eigenvalue weighted by atomic mass is 16.5. The van der Waals surface area contributed by atoms with Crippen LogP contribution in [-0.2, 0) is 11.2 Å². The van der Waals surface area contributed by atoms with Gasteiger partial charge in [-0.2, -0.15) is 5.10 Å². The second kappa shape index (κ2) is 9.41. The number of morpholine rings is 1. The van der Waals surface area contributed by atoms with Crippen LogP contribution in [0.5, 0.6) is 0 Å². The molecule has 1 aliphatic heterocycles. The molecule has 0 aromatic carbocycles. The van der Waals surface area contributed by atoms with Crippen molar-refractivity contribution in [1.82, 2.24) is 14.6 Å². The molecular weight excluding hydrogens is 276 g/mol. The summed E-state index contributed by atoms with van der Waals surface area (Å²) in [5, 5.41) is 4.45. The van der Waals surface area contributed by atoms with Gasteiger partial charge in [-0.3, -0.25) is 0 Å². The molecule has 1 fully saturated rings. The number of rotatable bonds is 2. The van der Waals surface area contributed by atoms with E-state index < -0.39 is 0 Å². The van der Waals surface area contributed by atoms with Crippen LogP contribution in [0.15, 0.2) is 12.3 Å². The number of aryl methyl sites for hydroxylation is 2. The van der Waals surface area contributed by atoms with E-state index in [1.807, 2.05) is 39.1 Å². The van der Waals surface area contributed by atoms with Crippen LogP contribution in [0, 0.1) is 6.92 Å². The van der Waals surface area contributed by atoms with Gasteiger partial charge in [0.05, 0.1) is 13.2 Å². The summed E-state index contributed by atoms with van der Waals surface area (Å²) in [7, 11) is 0. The maximum atomic E-state index is 5.40. The van der Waals surface area contributed by atoms with Crippen molar-refractivity contribution >= 4 is 11.3 Å². The van der Waals surface area contributed by atoms with Crippen molar-refractivity contribution in [3.05, 3.63) is 23.7 Å². The lowest BCUT2D eigenvalue weighted by atomic mass is 10.2. The van der Waals surface area contributed by atoms with Crippen molar-refractivity contribution in [2.24, 2.45) is 0 Å². The van der Waals surface area contributed by atoms with Crippen molar-refractivity contribution in [1.29, 1.82) is 0 Å². The van der Waals surface area contributed by atoms with Gasteiger partial charge in [0.15, 0.2) is 5.82 Å². The number of fused-ring (bicyclic) bond motifs is 1. The second-order valence-electron chi connectivity index (χ2n) is 4.61. The van der Waals surface area contributed by atoms with Crippen molar-refractivity contribution in [3.8, 4) is 0 Å². The van der Waals surface area contributed by atoms with Crippen molar-refractivity contribution < 1.29 is 4.74 Å². The molecule has 22 heavy (non-hydrogen) atoms. The number of aromatic nitrogens is 3. The fourth-order valence-electron chi connectivity index (χ4n) is 2.35. The third-order valence-electron chi connectivity index (χ3n) is 3.33. The molecule has 0 spiro atoms. The van der Waals surface area contributed by atoms with E-state index in [-0.39, 0.29) is 0 Å². The fourth-order valence-corrected chi connectivity index (χ4v) is 2.35. The van der Waals surface area contributed by atoms with Crippen LogP contribution in [0.25, 0.3) is 5.52 Å². The Bertz CT molecular complexity index is 559. The smallest absolute Gasteiger partial charge is 0.157 e. The molecule has 3 heterocycles. The molecule has 0 atom stereocenters. The highest BCUT2D eigenvalue weighted by Gasteiger charge is 2.17. The van der Waals surface area contributed by atoms with Crippen LogP contribution in [0.4, 0.5) is 5.82 Å². The number of ether oxygens (including phenoxy) is 1. The largest absolute Gasteiger partial charge is 0.378 e. The third-order valence-corrected chi connectivity index (χ3v) is 3.33. The van der Waals surface area contributed by atoms with Gasteiger partial charge >= 0.3 is 0 Å². The van der Waals surface area contributed by atoms with Crippen LogP contribution in [-0.4, -0.2) is 40.9 Å². The first kappa shape index (κ1) is 18.4. The number of hydrogen-bond acceptors (Lipinski definition) is 4. The molecule has 2 aromatic heterocycles. The minimum atomic E-state index is 0.774. The summed E-state index contributed by atoms with van der Waals surface area (Å²) < 4.78 is 7.35. The first-order valence-corrected chi connectivity index (χ1v) is 8.46. The summed E-state index contributed by atoms with van der Waals surface area (Å²) in [4.78, 5) is 6.90. The first-order valence-electron chi connectivity index (χ1n) is 8.46. The highest BCUT2D eigenvalue weighted by molar-refractivity contribution is 5.70. The van der Waals surface area contributed by atoms with Gasteiger partial charge in [0.1, 0.15) is 11.3 Å². The van der Waals surface area contributed by atoms with Gasteiger partial charge in [-0.05, 0) is 25.0 Å². The van der Waals surface area contributed by atoms with Crippen molar-refractivity contribution in [2.75, 3.05) is 31.2 Å². The summed E-state index contributed by atoms with van der Waals surface area (Å²) in [6.45, 7) is 15.4. The van der Waals surface area contributed by atoms with Crippen molar-refractivity contribution in [3.63, 3.8) is 0 Å². The molecule has 0 amide bonds. The average molecular weight is 306 g/mol. The zero-order valence-corrected chi connectivity index (χ0v) is 14.9. The Morgan fingerprint density at radius 3 is 2.36 bits per heavy atom. The lowest BCUT2D eigenvalue weighted by molar-refractivity contribution is 0.122. The first-order chi connectivity index (χ1) is 10.8. The van der Waals surface area contributed by atoms with Gasteiger partial charge in [-0.25, -0.2) is 9.50 Å². The molecule has 0 unspecified atom stereocenters. The number of hydrogen-bond donors (Lipinski definition) is 0. The van der Waals surface area contributed by atoms with Crippen LogP contribution < -0.4 is 4.90 Å². The van der Waals surface area contributed by atoms with E-state index in [0.29, 0.717) is 0 Å². The maximum absolute atomic E-state index is 5.40. The summed E-state index contributed by atoms with van der Waals surface area (Å²) in [6, 6.07) is 2.18. The quantitative estimate of drug-likeness (QED) is 0.852. The Morgan fingerprint density at radius 1 is 1.14 bits per heavy atom. The third kappa shape index (κ3) is 4.19. The lowest BCUT2D eigenvalue weighted by Crippen LogP contribution is -2.37. The minimum Gasteiger partial charge on any atom is -0.378 e. The standard InChI is InChI=1S/C13H18N4O.2C2H6/c1-3-11-8-12-13(16-4-6-18-7-5-16)14-10(2)15-17(12)9-11;2*1-2/h8-9H,3-7H2,1-2H3;2*1-2H3. The molecule has 3 rings (SSSR count). The summed E-state index contributed by atoms with van der Waals surface area (Å²) in [6.07, 6.45) is 3.11. The van der Waals surface area contributed by atoms with E-state index in [1.54, 1.807) is 0 Å². The predicted molar refractivity (Wildman–Crippen MR) is 92.8 cm³/mol. The number of nitrogens with zero attached hydrogens (tertiary/aromatic N) is 4. The van der Waals surface area contributed by atoms with Crippen LogP contribution >= 0.6 is 0 Å². The Hall–Kier alpha value is -1.62. The molecule has 1 saturated heterocycles. The summed E-state index contributed by atoms with van der Waals surface area (Å²) in [5.41, 5.74) is 2.39. The van der Waals surface area contributed by atoms with E-state index >= 15 is 0 Å². The highest BCUT2D eigenvalue weighted by Crippen LogP contribution is 2.22. The van der Waals surface area contributed by atoms with Gasteiger partial charge in [0, 0.05) is 19.3 Å². The van der Waals surface area contributed by atoms with Crippen molar-refractivity contribution in [2.45, 2.75) is 48.0 Å². The van der Waals surface area contributed by atoms with E-state index in [4.69, 9.17) is 4.74 Å². The second-order valence-corrected chi connectivity index (χ2v) is 4.61. The molecule has 0 aliphatic carbocycles. The maximum Gasteiger partial charge on any atom is 0.157 e. The van der Waals surface area contributed by atoms with E-state index in [0.717, 1.165) is 49.9 Å². The monoisotopic (exact) mass is 306 g/mol. The van der Waals surface area contributed by atoms with E-state index in [2.05, 4.69) is 34.2 Å². The zero-order valence-electron chi connectivity index (χ0n) is 14.9. The lowest BCUT2D eigenvalue weighted by Gasteiger charge is -2.28. The Balaban J connectivity index is 0.000000561. The Morgan fingerprint density at radius 2 is 1.77 bits per heavy atom. The summed E-state index contributed by atoms with van der Waals surface area (Å²) in [5.74, 6) is 1.84. The fraction of sp³-hybridized carbons (Fsp3) is 0.647. The van der Waals surface area contributed by atoms with Gasteiger partial charge < -0.3 is 9.64 Å². The topological polar surface area (TPSA) is 42.7 Å². The van der Waals surface area contributed by atoms with Crippen LogP contribution in [0.1, 0.15) is 46.0 Å². The Kier molecular flexibility index (Phi) is 7.88. The van der Waals surface area contributed by atoms with Crippen LogP contribution in [0.3, 0.4) is 0 Å². The van der Waals surface area contributed by atoms with E-state index in [9.17, 15) is 0 Å². The molecular formula is C17H30N4O. The van der Waals surface area contributed by atoms with Gasteiger partial charge in [-0.1, -0.05) is 34.6 Å². The molecule has 0 N–H and O–H groups in total. The Labute approximate surface area is 134 Å². The molecule has 5 nitrogen and oxygen atoms in total. The minimum absolute atomic E-state index is 0.774.